The second-order valence-corrected chi connectivity index (χ2v) is 4.49. The summed E-state index contributed by atoms with van der Waals surface area (Å²) in [5.41, 5.74) is 10.9. The van der Waals surface area contributed by atoms with Gasteiger partial charge in [-0.15, -0.1) is 0 Å². The number of nitrogens with two attached hydrogens (primary N) is 2. The van der Waals surface area contributed by atoms with Crippen LogP contribution in [0.4, 0.5) is 0 Å². The number of carbonyl (C=O) groups excluding carboxylic acids is 1. The van der Waals surface area contributed by atoms with Crippen molar-refractivity contribution in [1.29, 1.82) is 0 Å². The quantitative estimate of drug-likeness (QED) is 0.516. The molecule has 1 fully saturated rings. The van der Waals surface area contributed by atoms with Crippen molar-refractivity contribution in [3.05, 3.63) is 0 Å². The Morgan fingerprint density at radius 3 is 2.65 bits per heavy atom. The van der Waals surface area contributed by atoms with Crippen LogP contribution in [-0.4, -0.2) is 47.6 Å². The first-order valence-corrected chi connectivity index (χ1v) is 6.02. The fourth-order valence-electron chi connectivity index (χ4n) is 2.16. The predicted molar refractivity (Wildman–Crippen MR) is 63.2 cm³/mol. The molecule has 1 saturated heterocycles. The molecule has 0 saturated carbocycles. The van der Waals surface area contributed by atoms with Crippen molar-refractivity contribution in [1.82, 2.24) is 4.90 Å². The minimum absolute atomic E-state index is 0.0962. The molecule has 0 spiro atoms. The number of rotatable bonds is 7. The highest BCUT2D eigenvalue weighted by molar-refractivity contribution is 5.85. The van der Waals surface area contributed by atoms with E-state index in [0.29, 0.717) is 32.5 Å². The number of aliphatic carboxylic acids is 1. The van der Waals surface area contributed by atoms with Gasteiger partial charge in [-0.3, -0.25) is 4.79 Å². The summed E-state index contributed by atoms with van der Waals surface area (Å²) < 4.78 is 0. The summed E-state index contributed by atoms with van der Waals surface area (Å²) in [6, 6.07) is -0.717. The summed E-state index contributed by atoms with van der Waals surface area (Å²) in [7, 11) is 0. The number of nitrogens with zero attached hydrogens (tertiary/aromatic N) is 1. The Morgan fingerprint density at radius 2 is 2.18 bits per heavy atom. The van der Waals surface area contributed by atoms with Crippen LogP contribution in [-0.2, 0) is 9.59 Å². The van der Waals surface area contributed by atoms with Gasteiger partial charge in [-0.05, 0) is 38.3 Å². The summed E-state index contributed by atoms with van der Waals surface area (Å²) in [5, 5.41) is 9.15. The molecule has 2 unspecified atom stereocenters. The van der Waals surface area contributed by atoms with Crippen molar-refractivity contribution in [3.8, 4) is 0 Å². The molecule has 1 aliphatic rings. The van der Waals surface area contributed by atoms with Gasteiger partial charge in [0, 0.05) is 13.0 Å². The number of likely N-dealkylation sites (tertiary alicyclic amines) is 1. The third-order valence-electron chi connectivity index (χ3n) is 3.16. The number of hydrogen-bond acceptors (Lipinski definition) is 4. The van der Waals surface area contributed by atoms with Crippen molar-refractivity contribution in [2.45, 2.75) is 31.7 Å². The van der Waals surface area contributed by atoms with Gasteiger partial charge in [-0.2, -0.15) is 0 Å². The lowest BCUT2D eigenvalue weighted by molar-refractivity contribution is -0.148. The number of hydrogen-bond donors (Lipinski definition) is 3. The standard InChI is InChI=1S/C11H21N3O3/c12-4-2-1-3-9(11(16)17)14-7-8(6-13)5-10(14)15/h8-9H,1-7,12-13H2,(H,16,17). The van der Waals surface area contributed by atoms with Crippen molar-refractivity contribution < 1.29 is 14.7 Å². The molecule has 1 amide bonds. The Balaban J connectivity index is 2.58. The molecule has 6 heteroatoms. The summed E-state index contributed by atoms with van der Waals surface area (Å²) in [4.78, 5) is 24.3. The lowest BCUT2D eigenvalue weighted by Crippen LogP contribution is -2.42. The molecule has 0 aliphatic carbocycles. The number of carbonyl (C=O) groups is 2. The van der Waals surface area contributed by atoms with E-state index in [9.17, 15) is 9.59 Å². The molecular weight excluding hydrogens is 222 g/mol. The van der Waals surface area contributed by atoms with E-state index in [1.54, 1.807) is 0 Å². The normalized spacial score (nSPS) is 21.9. The molecule has 1 aliphatic heterocycles. The molecule has 1 heterocycles. The van der Waals surface area contributed by atoms with E-state index in [4.69, 9.17) is 16.6 Å². The fraction of sp³-hybridized carbons (Fsp3) is 0.818. The van der Waals surface area contributed by atoms with Gasteiger partial charge in [-0.25, -0.2) is 4.79 Å². The molecule has 2 atom stereocenters. The van der Waals surface area contributed by atoms with E-state index in [1.165, 1.54) is 4.90 Å². The summed E-state index contributed by atoms with van der Waals surface area (Å²) in [6.07, 6.45) is 2.35. The van der Waals surface area contributed by atoms with E-state index >= 15 is 0 Å². The number of carboxylic acids is 1. The van der Waals surface area contributed by atoms with Crippen LogP contribution in [0.15, 0.2) is 0 Å². The van der Waals surface area contributed by atoms with Crippen molar-refractivity contribution in [3.63, 3.8) is 0 Å². The monoisotopic (exact) mass is 243 g/mol. The number of amides is 1. The molecule has 1 rings (SSSR count). The zero-order chi connectivity index (χ0) is 12.8. The zero-order valence-corrected chi connectivity index (χ0v) is 9.97. The SMILES string of the molecule is NCCCCC(C(=O)O)N1CC(CN)CC1=O. The average Bonchev–Trinajstić information content (AvgIpc) is 2.65. The van der Waals surface area contributed by atoms with Crippen LogP contribution in [0, 0.1) is 5.92 Å². The molecule has 0 bridgehead atoms. The van der Waals surface area contributed by atoms with Crippen LogP contribution in [0.1, 0.15) is 25.7 Å². The zero-order valence-electron chi connectivity index (χ0n) is 9.97. The maximum absolute atomic E-state index is 11.7. The molecule has 0 aromatic rings. The van der Waals surface area contributed by atoms with Gasteiger partial charge in [0.25, 0.3) is 0 Å². The third-order valence-corrected chi connectivity index (χ3v) is 3.16. The lowest BCUT2D eigenvalue weighted by Gasteiger charge is -2.24. The van der Waals surface area contributed by atoms with Crippen molar-refractivity contribution >= 4 is 11.9 Å². The van der Waals surface area contributed by atoms with Crippen LogP contribution >= 0.6 is 0 Å². The maximum atomic E-state index is 11.7. The van der Waals surface area contributed by atoms with Gasteiger partial charge in [0.2, 0.25) is 5.91 Å². The molecule has 6 nitrogen and oxygen atoms in total. The van der Waals surface area contributed by atoms with Crippen LogP contribution in [0.3, 0.4) is 0 Å². The van der Waals surface area contributed by atoms with Gasteiger partial charge < -0.3 is 21.5 Å². The Bertz CT molecular complexity index is 283. The van der Waals surface area contributed by atoms with Gasteiger partial charge in [0.1, 0.15) is 6.04 Å². The second kappa shape index (κ2) is 6.56. The van der Waals surface area contributed by atoms with E-state index in [2.05, 4.69) is 0 Å². The maximum Gasteiger partial charge on any atom is 0.326 e. The van der Waals surface area contributed by atoms with E-state index in [-0.39, 0.29) is 11.8 Å². The molecule has 0 radical (unpaired) electrons. The van der Waals surface area contributed by atoms with Gasteiger partial charge in [0.15, 0.2) is 0 Å². The van der Waals surface area contributed by atoms with Crippen LogP contribution in [0.5, 0.6) is 0 Å². The highest BCUT2D eigenvalue weighted by Gasteiger charge is 2.36. The minimum atomic E-state index is -0.937. The Kier molecular flexibility index (Phi) is 5.37. The Morgan fingerprint density at radius 1 is 1.47 bits per heavy atom. The summed E-state index contributed by atoms with van der Waals surface area (Å²) in [5.74, 6) is -0.938. The van der Waals surface area contributed by atoms with E-state index in [1.807, 2.05) is 0 Å². The summed E-state index contributed by atoms with van der Waals surface area (Å²) >= 11 is 0. The van der Waals surface area contributed by atoms with E-state index < -0.39 is 12.0 Å². The molecule has 98 valence electrons. The summed E-state index contributed by atoms with van der Waals surface area (Å²) in [6.45, 7) is 1.44. The smallest absolute Gasteiger partial charge is 0.326 e. The molecule has 17 heavy (non-hydrogen) atoms. The topological polar surface area (TPSA) is 110 Å². The lowest BCUT2D eigenvalue weighted by atomic mass is 10.1. The largest absolute Gasteiger partial charge is 0.480 e. The van der Waals surface area contributed by atoms with Gasteiger partial charge in [0.05, 0.1) is 0 Å². The van der Waals surface area contributed by atoms with Crippen LogP contribution < -0.4 is 11.5 Å². The molecule has 5 N–H and O–H groups in total. The van der Waals surface area contributed by atoms with E-state index in [0.717, 1.165) is 12.8 Å². The van der Waals surface area contributed by atoms with Crippen molar-refractivity contribution in [2.75, 3.05) is 19.6 Å². The first-order valence-electron chi connectivity index (χ1n) is 6.02. The Hall–Kier alpha value is -1.14. The van der Waals surface area contributed by atoms with Crippen molar-refractivity contribution in [2.24, 2.45) is 17.4 Å². The molecular formula is C11H21N3O3. The average molecular weight is 243 g/mol. The fourth-order valence-corrected chi connectivity index (χ4v) is 2.16. The first-order chi connectivity index (χ1) is 8.10. The third kappa shape index (κ3) is 3.67. The van der Waals surface area contributed by atoms with Crippen LogP contribution in [0.25, 0.3) is 0 Å². The van der Waals surface area contributed by atoms with Crippen LogP contribution in [0.2, 0.25) is 0 Å². The molecule has 0 aromatic heterocycles. The second-order valence-electron chi connectivity index (χ2n) is 4.49. The Labute approximate surface area is 101 Å². The highest BCUT2D eigenvalue weighted by Crippen LogP contribution is 2.21. The van der Waals surface area contributed by atoms with Gasteiger partial charge >= 0.3 is 5.97 Å². The highest BCUT2D eigenvalue weighted by atomic mass is 16.4. The number of unbranched alkanes of at least 4 members (excludes halogenated alkanes) is 1. The first kappa shape index (κ1) is 13.9. The molecule has 0 aromatic carbocycles. The minimum Gasteiger partial charge on any atom is -0.480 e. The predicted octanol–water partition coefficient (Wildman–Crippen LogP) is -0.624. The van der Waals surface area contributed by atoms with Gasteiger partial charge in [-0.1, -0.05) is 0 Å². The number of carboxylic acid groups (broad SMARTS) is 1.